The molecule has 3 nitrogen and oxygen atoms in total. The van der Waals surface area contributed by atoms with Gasteiger partial charge in [0.2, 0.25) is 0 Å². The summed E-state index contributed by atoms with van der Waals surface area (Å²) in [6.07, 6.45) is 3.06. The van der Waals surface area contributed by atoms with Gasteiger partial charge in [0.05, 0.1) is 13.2 Å². The lowest BCUT2D eigenvalue weighted by Gasteiger charge is -2.52. The van der Waals surface area contributed by atoms with Crippen LogP contribution in [-0.2, 0) is 14.9 Å². The number of hydrogen-bond acceptors (Lipinski definition) is 3. The predicted molar refractivity (Wildman–Crippen MR) is 94.7 cm³/mol. The highest BCUT2D eigenvalue weighted by atomic mass is 16.7. The Labute approximate surface area is 143 Å². The standard InChI is InChI=1S/C21H25NO2/c22-16-19-20(17-8-3-1-4-9-17,18-10-5-2-6-11-18)12-7-13-21(19)23-14-15-24-21/h1-6,8-11,19H,7,12-16,22H2. The molecule has 24 heavy (non-hydrogen) atoms. The minimum atomic E-state index is -0.543. The Morgan fingerprint density at radius 1 is 0.833 bits per heavy atom. The Bertz CT molecular complexity index is 625. The van der Waals surface area contributed by atoms with E-state index in [-0.39, 0.29) is 11.3 Å². The first-order chi connectivity index (χ1) is 11.8. The summed E-state index contributed by atoms with van der Waals surface area (Å²) in [5.74, 6) is -0.440. The van der Waals surface area contributed by atoms with Crippen molar-refractivity contribution in [2.24, 2.45) is 11.7 Å². The van der Waals surface area contributed by atoms with Crippen molar-refractivity contribution in [1.29, 1.82) is 0 Å². The summed E-state index contributed by atoms with van der Waals surface area (Å²) in [5, 5.41) is 0. The van der Waals surface area contributed by atoms with Crippen LogP contribution in [0.25, 0.3) is 0 Å². The zero-order valence-corrected chi connectivity index (χ0v) is 14.0. The third kappa shape index (κ3) is 2.31. The molecule has 2 aromatic carbocycles. The topological polar surface area (TPSA) is 44.5 Å². The Morgan fingerprint density at radius 2 is 1.38 bits per heavy atom. The van der Waals surface area contributed by atoms with Gasteiger partial charge in [-0.2, -0.15) is 0 Å². The summed E-state index contributed by atoms with van der Waals surface area (Å²) in [6, 6.07) is 21.5. The number of hydrogen-bond donors (Lipinski definition) is 1. The van der Waals surface area contributed by atoms with Crippen molar-refractivity contribution in [2.75, 3.05) is 19.8 Å². The molecule has 1 unspecified atom stereocenters. The zero-order chi connectivity index (χ0) is 16.5. The maximum atomic E-state index is 6.35. The van der Waals surface area contributed by atoms with Crippen molar-refractivity contribution < 1.29 is 9.47 Å². The van der Waals surface area contributed by atoms with Gasteiger partial charge in [-0.3, -0.25) is 0 Å². The fourth-order valence-electron chi connectivity index (χ4n) is 4.86. The van der Waals surface area contributed by atoms with Gasteiger partial charge in [-0.05, 0) is 24.0 Å². The van der Waals surface area contributed by atoms with Crippen LogP contribution in [0.3, 0.4) is 0 Å². The van der Waals surface area contributed by atoms with Crippen LogP contribution in [-0.4, -0.2) is 25.5 Å². The molecule has 2 N–H and O–H groups in total. The highest BCUT2D eigenvalue weighted by molar-refractivity contribution is 5.42. The summed E-state index contributed by atoms with van der Waals surface area (Å²) < 4.78 is 12.4. The molecular weight excluding hydrogens is 298 g/mol. The third-order valence-electron chi connectivity index (χ3n) is 5.81. The van der Waals surface area contributed by atoms with Gasteiger partial charge >= 0.3 is 0 Å². The van der Waals surface area contributed by atoms with E-state index < -0.39 is 5.79 Å². The van der Waals surface area contributed by atoms with Crippen LogP contribution < -0.4 is 5.73 Å². The smallest absolute Gasteiger partial charge is 0.173 e. The van der Waals surface area contributed by atoms with E-state index in [1.54, 1.807) is 0 Å². The molecule has 3 heteroatoms. The van der Waals surface area contributed by atoms with E-state index in [1.165, 1.54) is 11.1 Å². The average molecular weight is 323 g/mol. The first-order valence-corrected chi connectivity index (χ1v) is 8.91. The van der Waals surface area contributed by atoms with E-state index in [4.69, 9.17) is 15.2 Å². The van der Waals surface area contributed by atoms with E-state index in [9.17, 15) is 0 Å². The Hall–Kier alpha value is -1.68. The largest absolute Gasteiger partial charge is 0.347 e. The average Bonchev–Trinajstić information content (AvgIpc) is 3.11. The van der Waals surface area contributed by atoms with Gasteiger partial charge < -0.3 is 15.2 Å². The fourth-order valence-corrected chi connectivity index (χ4v) is 4.86. The first kappa shape index (κ1) is 15.8. The van der Waals surface area contributed by atoms with E-state index in [0.29, 0.717) is 19.8 Å². The number of ether oxygens (including phenoxy) is 2. The molecule has 1 aliphatic carbocycles. The third-order valence-corrected chi connectivity index (χ3v) is 5.81. The molecule has 2 aliphatic rings. The minimum absolute atomic E-state index is 0.103. The van der Waals surface area contributed by atoms with E-state index >= 15 is 0 Å². The molecule has 1 heterocycles. The van der Waals surface area contributed by atoms with Gasteiger partial charge in [0.25, 0.3) is 0 Å². The van der Waals surface area contributed by atoms with Gasteiger partial charge in [0.1, 0.15) is 0 Å². The Morgan fingerprint density at radius 3 is 1.88 bits per heavy atom. The summed E-state index contributed by atoms with van der Waals surface area (Å²) in [6.45, 7) is 1.87. The molecule has 1 atom stereocenters. The van der Waals surface area contributed by atoms with Crippen LogP contribution in [0.15, 0.2) is 60.7 Å². The minimum Gasteiger partial charge on any atom is -0.347 e. The highest BCUT2D eigenvalue weighted by Crippen LogP contribution is 2.54. The summed E-state index contributed by atoms with van der Waals surface area (Å²) in [5.41, 5.74) is 8.80. The molecule has 1 spiro atoms. The summed E-state index contributed by atoms with van der Waals surface area (Å²) in [7, 11) is 0. The Kier molecular flexibility index (Phi) is 4.17. The molecule has 0 aromatic heterocycles. The predicted octanol–water partition coefficient (Wildman–Crippen LogP) is 3.47. The second-order valence-electron chi connectivity index (χ2n) is 6.85. The molecule has 4 rings (SSSR count). The molecule has 0 amide bonds. The first-order valence-electron chi connectivity index (χ1n) is 8.91. The number of benzene rings is 2. The van der Waals surface area contributed by atoms with Gasteiger partial charge in [0.15, 0.2) is 5.79 Å². The zero-order valence-electron chi connectivity index (χ0n) is 14.0. The molecule has 0 bridgehead atoms. The maximum Gasteiger partial charge on any atom is 0.173 e. The van der Waals surface area contributed by atoms with Crippen molar-refractivity contribution in [3.63, 3.8) is 0 Å². The Balaban J connectivity index is 1.92. The van der Waals surface area contributed by atoms with Crippen molar-refractivity contribution in [1.82, 2.24) is 0 Å². The molecule has 1 aliphatic heterocycles. The quantitative estimate of drug-likeness (QED) is 0.940. The normalized spacial score (nSPS) is 25.0. The molecule has 2 aromatic rings. The lowest BCUT2D eigenvalue weighted by molar-refractivity contribution is -0.224. The summed E-state index contributed by atoms with van der Waals surface area (Å²) >= 11 is 0. The number of nitrogens with two attached hydrogens (primary N) is 1. The van der Waals surface area contributed by atoms with Gasteiger partial charge in [-0.25, -0.2) is 0 Å². The molecular formula is C21H25NO2. The van der Waals surface area contributed by atoms with Crippen molar-refractivity contribution in [2.45, 2.75) is 30.5 Å². The van der Waals surface area contributed by atoms with Crippen molar-refractivity contribution in [3.8, 4) is 0 Å². The van der Waals surface area contributed by atoms with Crippen LogP contribution in [0.1, 0.15) is 30.4 Å². The van der Waals surface area contributed by atoms with Crippen LogP contribution in [0.5, 0.6) is 0 Å². The van der Waals surface area contributed by atoms with Crippen molar-refractivity contribution >= 4 is 0 Å². The second kappa shape index (κ2) is 6.32. The molecule has 1 saturated heterocycles. The lowest BCUT2D eigenvalue weighted by Crippen LogP contribution is -2.57. The van der Waals surface area contributed by atoms with Crippen molar-refractivity contribution in [3.05, 3.63) is 71.8 Å². The number of rotatable bonds is 3. The highest BCUT2D eigenvalue weighted by Gasteiger charge is 2.57. The monoisotopic (exact) mass is 323 g/mol. The second-order valence-corrected chi connectivity index (χ2v) is 6.85. The van der Waals surface area contributed by atoms with Crippen LogP contribution in [0, 0.1) is 5.92 Å². The molecule has 2 fully saturated rings. The molecule has 1 saturated carbocycles. The van der Waals surface area contributed by atoms with Crippen LogP contribution in [0.2, 0.25) is 0 Å². The van der Waals surface area contributed by atoms with Crippen LogP contribution in [0.4, 0.5) is 0 Å². The van der Waals surface area contributed by atoms with E-state index in [0.717, 1.165) is 19.3 Å². The van der Waals surface area contributed by atoms with Gasteiger partial charge in [-0.15, -0.1) is 0 Å². The molecule has 0 radical (unpaired) electrons. The fraction of sp³-hybridized carbons (Fsp3) is 0.429. The maximum absolute atomic E-state index is 6.35. The van der Waals surface area contributed by atoms with E-state index in [1.807, 2.05) is 0 Å². The van der Waals surface area contributed by atoms with Crippen LogP contribution >= 0.6 is 0 Å². The van der Waals surface area contributed by atoms with Gasteiger partial charge in [-0.1, -0.05) is 60.7 Å². The lowest BCUT2D eigenvalue weighted by atomic mass is 9.57. The SMILES string of the molecule is NCC1C2(CCCC1(c1ccccc1)c1ccccc1)OCCO2. The molecule has 126 valence electrons. The summed E-state index contributed by atoms with van der Waals surface area (Å²) in [4.78, 5) is 0. The van der Waals surface area contributed by atoms with E-state index in [2.05, 4.69) is 60.7 Å². The van der Waals surface area contributed by atoms with Gasteiger partial charge in [0, 0.05) is 24.3 Å².